The van der Waals surface area contributed by atoms with Gasteiger partial charge in [0.05, 0.1) is 5.57 Å². The van der Waals surface area contributed by atoms with Crippen LogP contribution in [0.1, 0.15) is 38.7 Å². The van der Waals surface area contributed by atoms with Gasteiger partial charge in [0.1, 0.15) is 5.70 Å². The summed E-state index contributed by atoms with van der Waals surface area (Å²) in [5.41, 5.74) is 2.23. The number of imide groups is 1. The molecule has 1 aromatic carbocycles. The van der Waals surface area contributed by atoms with E-state index in [9.17, 15) is 14.4 Å². The highest BCUT2D eigenvalue weighted by Crippen LogP contribution is 2.34. The van der Waals surface area contributed by atoms with Crippen LogP contribution in [0.2, 0.25) is 0 Å². The number of nitrogens with zero attached hydrogens (tertiary/aromatic N) is 3. The van der Waals surface area contributed by atoms with Crippen LogP contribution in [-0.4, -0.2) is 85.4 Å². The maximum Gasteiger partial charge on any atom is 0.277 e. The van der Waals surface area contributed by atoms with Gasteiger partial charge >= 0.3 is 0 Å². The molecule has 1 saturated heterocycles. The third kappa shape index (κ3) is 5.37. The van der Waals surface area contributed by atoms with Gasteiger partial charge in [-0.1, -0.05) is 12.1 Å². The van der Waals surface area contributed by atoms with Crippen molar-refractivity contribution in [3.8, 4) is 0 Å². The van der Waals surface area contributed by atoms with Crippen LogP contribution in [0.4, 0.5) is 5.69 Å². The summed E-state index contributed by atoms with van der Waals surface area (Å²) in [5.74, 6) is -0.672. The molecule has 0 aromatic heterocycles. The Morgan fingerprint density at radius 1 is 1.16 bits per heavy atom. The molecule has 2 aliphatic rings. The van der Waals surface area contributed by atoms with Crippen molar-refractivity contribution in [2.75, 3.05) is 52.3 Å². The number of piperidine rings is 1. The van der Waals surface area contributed by atoms with Crippen molar-refractivity contribution in [1.82, 2.24) is 14.7 Å². The van der Waals surface area contributed by atoms with Crippen LogP contribution in [-0.2, 0) is 19.1 Å². The van der Waals surface area contributed by atoms with Gasteiger partial charge in [-0.25, -0.2) is 0 Å². The van der Waals surface area contributed by atoms with E-state index in [0.29, 0.717) is 48.7 Å². The fourth-order valence-electron chi connectivity index (χ4n) is 4.31. The highest BCUT2D eigenvalue weighted by molar-refractivity contribution is 6.35. The van der Waals surface area contributed by atoms with E-state index >= 15 is 0 Å². The van der Waals surface area contributed by atoms with Gasteiger partial charge in [-0.3, -0.25) is 19.3 Å². The number of anilines is 1. The van der Waals surface area contributed by atoms with Gasteiger partial charge in [-0.15, -0.1) is 0 Å². The summed E-state index contributed by atoms with van der Waals surface area (Å²) in [6.45, 7) is 6.74. The summed E-state index contributed by atoms with van der Waals surface area (Å²) in [7, 11) is 4.02. The zero-order valence-electron chi connectivity index (χ0n) is 19.5. The number of carbonyl (C=O) groups is 3. The van der Waals surface area contributed by atoms with Crippen LogP contribution in [0.25, 0.3) is 5.57 Å². The molecular formula is C24H34N4O4. The molecule has 0 bridgehead atoms. The van der Waals surface area contributed by atoms with Crippen molar-refractivity contribution in [1.29, 1.82) is 0 Å². The average Bonchev–Trinajstić information content (AvgIpc) is 3.01. The Morgan fingerprint density at radius 2 is 1.81 bits per heavy atom. The van der Waals surface area contributed by atoms with E-state index in [1.165, 1.54) is 11.8 Å². The fourth-order valence-corrected chi connectivity index (χ4v) is 4.31. The molecule has 32 heavy (non-hydrogen) atoms. The van der Waals surface area contributed by atoms with Gasteiger partial charge < -0.3 is 19.9 Å². The van der Waals surface area contributed by atoms with Gasteiger partial charge in [0.25, 0.3) is 11.8 Å². The number of nitrogens with one attached hydrogen (secondary N) is 1. The van der Waals surface area contributed by atoms with Crippen LogP contribution in [0.15, 0.2) is 30.0 Å². The second-order valence-corrected chi connectivity index (χ2v) is 8.44. The first-order valence-electron chi connectivity index (χ1n) is 11.3. The lowest BCUT2D eigenvalue weighted by molar-refractivity contribution is -0.137. The number of rotatable bonds is 9. The van der Waals surface area contributed by atoms with E-state index in [4.69, 9.17) is 4.74 Å². The summed E-state index contributed by atoms with van der Waals surface area (Å²) in [6.07, 6.45) is 2.49. The van der Waals surface area contributed by atoms with E-state index in [1.807, 2.05) is 18.9 Å². The molecule has 0 unspecified atom stereocenters. The first-order chi connectivity index (χ1) is 15.3. The Bertz CT molecular complexity index is 872. The van der Waals surface area contributed by atoms with E-state index in [0.717, 1.165) is 25.9 Å². The van der Waals surface area contributed by atoms with Crippen molar-refractivity contribution in [2.24, 2.45) is 0 Å². The SMILES string of the molecule is CCOCCCN1C(=O)C(c2ccc(NC(C)=O)cc2)=C(N(C)C2CCN(C)CC2)C1=O. The van der Waals surface area contributed by atoms with Gasteiger partial charge in [0.15, 0.2) is 0 Å². The molecule has 8 heteroatoms. The zero-order chi connectivity index (χ0) is 23.3. The Morgan fingerprint density at radius 3 is 2.41 bits per heavy atom. The number of carbonyl (C=O) groups excluding carboxylic acids is 3. The summed E-state index contributed by atoms with van der Waals surface area (Å²) in [4.78, 5) is 43.8. The second kappa shape index (κ2) is 10.7. The molecular weight excluding hydrogens is 408 g/mol. The third-order valence-electron chi connectivity index (χ3n) is 6.10. The van der Waals surface area contributed by atoms with Crippen molar-refractivity contribution >= 4 is 29.0 Å². The van der Waals surface area contributed by atoms with Crippen molar-refractivity contribution in [3.05, 3.63) is 35.5 Å². The predicted molar refractivity (Wildman–Crippen MR) is 124 cm³/mol. The van der Waals surface area contributed by atoms with Crippen LogP contribution in [0.3, 0.4) is 0 Å². The quantitative estimate of drug-likeness (QED) is 0.466. The fraction of sp³-hybridized carbons (Fsp3) is 0.542. The Hall–Kier alpha value is -2.71. The Balaban J connectivity index is 1.91. The summed E-state index contributed by atoms with van der Waals surface area (Å²) in [5, 5.41) is 2.73. The molecule has 0 spiro atoms. The molecule has 1 aromatic rings. The van der Waals surface area contributed by atoms with Gasteiger partial charge in [0.2, 0.25) is 5.91 Å². The van der Waals surface area contributed by atoms with E-state index in [2.05, 4.69) is 17.3 Å². The normalized spacial score (nSPS) is 17.9. The molecule has 174 valence electrons. The van der Waals surface area contributed by atoms with Crippen LogP contribution in [0, 0.1) is 0 Å². The maximum absolute atomic E-state index is 13.4. The first-order valence-corrected chi connectivity index (χ1v) is 11.3. The summed E-state index contributed by atoms with van der Waals surface area (Å²) >= 11 is 0. The second-order valence-electron chi connectivity index (χ2n) is 8.44. The molecule has 0 aliphatic carbocycles. The van der Waals surface area contributed by atoms with E-state index in [1.54, 1.807) is 24.3 Å². The molecule has 0 radical (unpaired) electrons. The average molecular weight is 443 g/mol. The third-order valence-corrected chi connectivity index (χ3v) is 6.10. The van der Waals surface area contributed by atoms with Crippen molar-refractivity contribution in [3.63, 3.8) is 0 Å². The lowest BCUT2D eigenvalue weighted by Crippen LogP contribution is -2.43. The predicted octanol–water partition coefficient (Wildman–Crippen LogP) is 2.18. The van der Waals surface area contributed by atoms with Crippen LogP contribution < -0.4 is 5.32 Å². The molecule has 3 rings (SSSR count). The molecule has 8 nitrogen and oxygen atoms in total. The van der Waals surface area contributed by atoms with Crippen LogP contribution >= 0.6 is 0 Å². The van der Waals surface area contributed by atoms with Crippen molar-refractivity contribution in [2.45, 2.75) is 39.2 Å². The van der Waals surface area contributed by atoms with E-state index < -0.39 is 0 Å². The lowest BCUT2D eigenvalue weighted by atomic mass is 10.00. The standard InChI is InChI=1S/C24H34N4O4/c1-5-32-16-6-13-28-23(30)21(18-7-9-19(10-8-18)25-17(2)29)22(24(28)31)27(4)20-11-14-26(3)15-12-20/h7-10,20H,5-6,11-16H2,1-4H3,(H,25,29). The summed E-state index contributed by atoms with van der Waals surface area (Å²) in [6, 6.07) is 7.30. The molecule has 0 saturated carbocycles. The Labute approximate surface area is 190 Å². The molecule has 2 aliphatic heterocycles. The van der Waals surface area contributed by atoms with Gasteiger partial charge in [-0.05, 0) is 64.0 Å². The van der Waals surface area contributed by atoms with Gasteiger partial charge in [-0.2, -0.15) is 0 Å². The monoisotopic (exact) mass is 442 g/mol. The summed E-state index contributed by atoms with van der Waals surface area (Å²) < 4.78 is 5.39. The lowest BCUT2D eigenvalue weighted by Gasteiger charge is -2.36. The molecule has 1 N–H and O–H groups in total. The zero-order valence-corrected chi connectivity index (χ0v) is 19.5. The molecule has 0 atom stereocenters. The number of benzene rings is 1. The van der Waals surface area contributed by atoms with Gasteiger partial charge in [0, 0.05) is 45.5 Å². The first kappa shape index (κ1) is 23.9. The highest BCUT2D eigenvalue weighted by atomic mass is 16.5. The maximum atomic E-state index is 13.4. The topological polar surface area (TPSA) is 82.2 Å². The minimum Gasteiger partial charge on any atom is -0.382 e. The molecule has 2 heterocycles. The highest BCUT2D eigenvalue weighted by Gasteiger charge is 2.42. The van der Waals surface area contributed by atoms with Crippen LogP contribution in [0.5, 0.6) is 0 Å². The Kier molecular flexibility index (Phi) is 8.04. The number of amides is 3. The smallest absolute Gasteiger partial charge is 0.277 e. The minimum absolute atomic E-state index is 0.160. The number of likely N-dealkylation sites (tertiary alicyclic amines) is 1. The minimum atomic E-state index is -0.270. The number of hydrogen-bond donors (Lipinski definition) is 1. The van der Waals surface area contributed by atoms with E-state index in [-0.39, 0.29) is 23.8 Å². The number of ether oxygens (including phenoxy) is 1. The number of hydrogen-bond acceptors (Lipinski definition) is 6. The molecule has 3 amide bonds. The molecule has 1 fully saturated rings. The number of likely N-dealkylation sites (N-methyl/N-ethyl adjacent to an activating group) is 1. The largest absolute Gasteiger partial charge is 0.382 e. The van der Waals surface area contributed by atoms with Crippen molar-refractivity contribution < 1.29 is 19.1 Å².